The van der Waals surface area contributed by atoms with E-state index >= 15 is 0 Å². The minimum atomic E-state index is -0.914. The van der Waals surface area contributed by atoms with Gasteiger partial charge in [0.05, 0.1) is 18.3 Å². The van der Waals surface area contributed by atoms with Crippen molar-refractivity contribution in [1.29, 1.82) is 0 Å². The molecule has 1 atom stereocenters. The predicted octanol–water partition coefficient (Wildman–Crippen LogP) is 2.11. The summed E-state index contributed by atoms with van der Waals surface area (Å²) in [5.74, 6) is -1.13. The number of benzene rings is 2. The number of carbonyl (C=O) groups is 3. The number of nitrogens with zero attached hydrogens (tertiary/aromatic N) is 2. The second-order valence-electron chi connectivity index (χ2n) is 8.95. The van der Waals surface area contributed by atoms with Crippen LogP contribution in [0.4, 0.5) is 15.3 Å². The van der Waals surface area contributed by atoms with Crippen molar-refractivity contribution in [3.05, 3.63) is 64.1 Å². The molecule has 0 radical (unpaired) electrons. The summed E-state index contributed by atoms with van der Waals surface area (Å²) in [4.78, 5) is 55.5. The second kappa shape index (κ2) is 9.76. The highest BCUT2D eigenvalue weighted by molar-refractivity contribution is 5.95. The number of carbonyl (C=O) groups excluding carboxylic acids is 3. The third-order valence-electron chi connectivity index (χ3n) is 6.73. The van der Waals surface area contributed by atoms with Crippen molar-refractivity contribution in [2.45, 2.75) is 37.9 Å². The van der Waals surface area contributed by atoms with E-state index in [4.69, 9.17) is 9.15 Å². The van der Waals surface area contributed by atoms with Gasteiger partial charge in [-0.05, 0) is 42.2 Å². The number of fused-ring (bicyclic) bond motifs is 2. The standard InChI is InChI=1S/C25H27N5O6/c1-35-22(31)19(12-15-6-7-18-21(13-15)36-25(34)28-18)27-24(33)29-10-8-17(9-11-29)30-20-5-3-2-4-16(20)14-26-23(30)32/h2-7,13,17,19H,8-12,14H2,1H3,(H,26,32)(H,27,33)(H,28,34). The van der Waals surface area contributed by atoms with Crippen molar-refractivity contribution < 1.29 is 23.5 Å². The summed E-state index contributed by atoms with van der Waals surface area (Å²) in [6.45, 7) is 1.39. The number of aromatic amines is 1. The summed E-state index contributed by atoms with van der Waals surface area (Å²) in [7, 11) is 1.27. The molecule has 1 saturated heterocycles. The molecule has 0 bridgehead atoms. The van der Waals surface area contributed by atoms with Gasteiger partial charge < -0.3 is 24.7 Å². The molecule has 1 aromatic heterocycles. The quantitative estimate of drug-likeness (QED) is 0.466. The zero-order valence-corrected chi connectivity index (χ0v) is 19.8. The van der Waals surface area contributed by atoms with Crippen molar-refractivity contribution in [2.24, 2.45) is 0 Å². The first-order valence-electron chi connectivity index (χ1n) is 11.8. The van der Waals surface area contributed by atoms with E-state index in [9.17, 15) is 19.2 Å². The van der Waals surface area contributed by atoms with Gasteiger partial charge in [-0.2, -0.15) is 0 Å². The lowest BCUT2D eigenvalue weighted by Gasteiger charge is -2.41. The maximum Gasteiger partial charge on any atom is 0.417 e. The molecule has 3 heterocycles. The molecule has 11 heteroatoms. The Hall–Kier alpha value is -4.28. The minimum Gasteiger partial charge on any atom is -0.467 e. The molecule has 36 heavy (non-hydrogen) atoms. The first kappa shape index (κ1) is 23.5. The second-order valence-corrected chi connectivity index (χ2v) is 8.95. The third kappa shape index (κ3) is 4.64. The van der Waals surface area contributed by atoms with Gasteiger partial charge in [0.25, 0.3) is 0 Å². The average molecular weight is 494 g/mol. The number of oxazole rings is 1. The minimum absolute atomic E-state index is 0.0327. The number of aromatic nitrogens is 1. The molecule has 5 rings (SSSR count). The SMILES string of the molecule is COC(=O)C(Cc1ccc2[nH]c(=O)oc2c1)NC(=O)N1CCC(N2C(=O)NCc3ccccc32)CC1. The number of amides is 4. The Morgan fingerprint density at radius 2 is 1.94 bits per heavy atom. The zero-order valence-electron chi connectivity index (χ0n) is 19.8. The number of nitrogens with one attached hydrogen (secondary N) is 3. The molecule has 188 valence electrons. The predicted molar refractivity (Wildman–Crippen MR) is 131 cm³/mol. The summed E-state index contributed by atoms with van der Waals surface area (Å²) in [5.41, 5.74) is 3.60. The largest absolute Gasteiger partial charge is 0.467 e. The van der Waals surface area contributed by atoms with Gasteiger partial charge in [0.15, 0.2) is 5.58 Å². The molecule has 0 aliphatic carbocycles. The van der Waals surface area contributed by atoms with Gasteiger partial charge in [-0.3, -0.25) is 9.88 Å². The maximum absolute atomic E-state index is 13.0. The first-order valence-corrected chi connectivity index (χ1v) is 11.8. The number of esters is 1. The molecule has 0 saturated carbocycles. The van der Waals surface area contributed by atoms with E-state index in [2.05, 4.69) is 15.6 Å². The Bertz CT molecular complexity index is 1360. The molecule has 3 aromatic rings. The molecule has 2 aromatic carbocycles. The van der Waals surface area contributed by atoms with E-state index < -0.39 is 17.8 Å². The van der Waals surface area contributed by atoms with Crippen molar-refractivity contribution in [2.75, 3.05) is 25.1 Å². The summed E-state index contributed by atoms with van der Waals surface area (Å²) in [6, 6.07) is 11.5. The fourth-order valence-electron chi connectivity index (χ4n) is 4.88. The van der Waals surface area contributed by atoms with Gasteiger partial charge in [-0.25, -0.2) is 19.2 Å². The number of urea groups is 2. The van der Waals surface area contributed by atoms with Crippen LogP contribution >= 0.6 is 0 Å². The third-order valence-corrected chi connectivity index (χ3v) is 6.73. The lowest BCUT2D eigenvalue weighted by Crippen LogP contribution is -2.56. The van der Waals surface area contributed by atoms with Gasteiger partial charge in [0.1, 0.15) is 6.04 Å². The van der Waals surface area contributed by atoms with Crippen molar-refractivity contribution in [3.8, 4) is 0 Å². The van der Waals surface area contributed by atoms with Crippen LogP contribution in [-0.4, -0.2) is 60.2 Å². The molecule has 0 spiro atoms. The lowest BCUT2D eigenvalue weighted by atomic mass is 10.00. The molecule has 2 aliphatic heterocycles. The lowest BCUT2D eigenvalue weighted by molar-refractivity contribution is -0.142. The molecule has 2 aliphatic rings. The summed E-state index contributed by atoms with van der Waals surface area (Å²) in [5, 5.41) is 5.69. The first-order chi connectivity index (χ1) is 17.4. The van der Waals surface area contributed by atoms with Gasteiger partial charge in [-0.15, -0.1) is 0 Å². The van der Waals surface area contributed by atoms with Gasteiger partial charge in [0.2, 0.25) is 0 Å². The fourth-order valence-corrected chi connectivity index (χ4v) is 4.88. The summed E-state index contributed by atoms with van der Waals surface area (Å²) >= 11 is 0. The van der Waals surface area contributed by atoms with Gasteiger partial charge in [-0.1, -0.05) is 24.3 Å². The summed E-state index contributed by atoms with van der Waals surface area (Å²) < 4.78 is 9.99. The van der Waals surface area contributed by atoms with Crippen LogP contribution in [0, 0.1) is 0 Å². The maximum atomic E-state index is 13.0. The van der Waals surface area contributed by atoms with E-state index in [1.807, 2.05) is 24.3 Å². The normalized spacial score (nSPS) is 16.9. The Morgan fingerprint density at radius 1 is 1.17 bits per heavy atom. The van der Waals surface area contributed by atoms with Crippen molar-refractivity contribution >= 4 is 34.8 Å². The van der Waals surface area contributed by atoms with Crippen LogP contribution in [0.25, 0.3) is 11.1 Å². The van der Waals surface area contributed by atoms with Gasteiger partial charge in [0, 0.05) is 32.1 Å². The monoisotopic (exact) mass is 493 g/mol. The molecule has 4 amide bonds. The van der Waals surface area contributed by atoms with Crippen LogP contribution in [0.5, 0.6) is 0 Å². The van der Waals surface area contributed by atoms with E-state index in [-0.39, 0.29) is 24.5 Å². The molecular weight excluding hydrogens is 466 g/mol. The van der Waals surface area contributed by atoms with E-state index in [1.165, 1.54) is 7.11 Å². The molecule has 1 unspecified atom stereocenters. The Labute approximate surface area is 206 Å². The summed E-state index contributed by atoms with van der Waals surface area (Å²) in [6.07, 6.45) is 1.40. The molecule has 1 fully saturated rings. The topological polar surface area (TPSA) is 137 Å². The Morgan fingerprint density at radius 3 is 2.72 bits per heavy atom. The average Bonchev–Trinajstić information content (AvgIpc) is 3.27. The van der Waals surface area contributed by atoms with Crippen LogP contribution in [0.3, 0.4) is 0 Å². The number of likely N-dealkylation sites (tertiary alicyclic amines) is 1. The smallest absolute Gasteiger partial charge is 0.417 e. The van der Waals surface area contributed by atoms with E-state index in [0.717, 1.165) is 11.3 Å². The zero-order chi connectivity index (χ0) is 25.2. The van der Waals surface area contributed by atoms with Crippen LogP contribution in [0.15, 0.2) is 51.7 Å². The van der Waals surface area contributed by atoms with E-state index in [1.54, 1.807) is 28.0 Å². The molecule has 11 nitrogen and oxygen atoms in total. The van der Waals surface area contributed by atoms with Crippen LogP contribution in [0.2, 0.25) is 0 Å². The van der Waals surface area contributed by atoms with Crippen molar-refractivity contribution in [3.63, 3.8) is 0 Å². The highest BCUT2D eigenvalue weighted by atomic mass is 16.5. The number of rotatable bonds is 5. The number of anilines is 1. The van der Waals surface area contributed by atoms with E-state index in [0.29, 0.717) is 49.1 Å². The number of piperidine rings is 1. The van der Waals surface area contributed by atoms with Crippen LogP contribution in [-0.2, 0) is 22.5 Å². The number of para-hydroxylation sites is 1. The van der Waals surface area contributed by atoms with Crippen LogP contribution in [0.1, 0.15) is 24.0 Å². The Balaban J connectivity index is 1.23. The van der Waals surface area contributed by atoms with Crippen LogP contribution < -0.4 is 21.3 Å². The number of hydrogen-bond donors (Lipinski definition) is 3. The highest BCUT2D eigenvalue weighted by Gasteiger charge is 2.34. The molecule has 3 N–H and O–H groups in total. The number of hydrogen-bond acceptors (Lipinski definition) is 6. The van der Waals surface area contributed by atoms with Gasteiger partial charge >= 0.3 is 23.8 Å². The number of methoxy groups -OCH3 is 1. The number of H-pyrrole nitrogens is 1. The fraction of sp³-hybridized carbons (Fsp3) is 0.360. The number of ether oxygens (including phenoxy) is 1. The van der Waals surface area contributed by atoms with Crippen molar-refractivity contribution in [1.82, 2.24) is 20.5 Å². The molecular formula is C25H27N5O6. The highest BCUT2D eigenvalue weighted by Crippen LogP contribution is 2.30. The Kier molecular flexibility index (Phi) is 6.36.